The Hall–Kier alpha value is -2.05. The van der Waals surface area contributed by atoms with Gasteiger partial charge in [0.1, 0.15) is 22.5 Å². The van der Waals surface area contributed by atoms with E-state index >= 15 is 0 Å². The predicted octanol–water partition coefficient (Wildman–Crippen LogP) is 3.59. The molecule has 132 valence electrons. The molecule has 0 aliphatic rings. The lowest BCUT2D eigenvalue weighted by Gasteiger charge is -2.25. The number of rotatable bonds is 5. The first-order valence-electron chi connectivity index (χ1n) is 7.93. The van der Waals surface area contributed by atoms with Gasteiger partial charge >= 0.3 is 0 Å². The van der Waals surface area contributed by atoms with Gasteiger partial charge in [0.15, 0.2) is 0 Å². The Bertz CT molecular complexity index is 1020. The monoisotopic (exact) mass is 361 g/mol. The fourth-order valence-electron chi connectivity index (χ4n) is 2.94. The minimum Gasteiger partial charge on any atom is -0.460 e. The van der Waals surface area contributed by atoms with E-state index in [0.29, 0.717) is 6.54 Å². The zero-order chi connectivity index (χ0) is 16.7. The van der Waals surface area contributed by atoms with Crippen molar-refractivity contribution in [3.05, 3.63) is 48.2 Å². The van der Waals surface area contributed by atoms with Gasteiger partial charge < -0.3 is 24.4 Å². The van der Waals surface area contributed by atoms with E-state index in [9.17, 15) is 10.2 Å². The molecule has 2 heterocycles. The lowest BCUT2D eigenvalue weighted by atomic mass is 10.1. The van der Waals surface area contributed by atoms with Gasteiger partial charge in [-0.1, -0.05) is 18.2 Å². The number of fused-ring (bicyclic) bond motifs is 5. The van der Waals surface area contributed by atoms with E-state index in [-0.39, 0.29) is 25.6 Å². The zero-order valence-corrected chi connectivity index (χ0v) is 14.6. The molecule has 0 bridgehead atoms. The Morgan fingerprint density at radius 3 is 2.36 bits per heavy atom. The highest BCUT2D eigenvalue weighted by atomic mass is 35.5. The second kappa shape index (κ2) is 6.69. The maximum absolute atomic E-state index is 9.37. The normalized spacial score (nSPS) is 12.1. The van der Waals surface area contributed by atoms with Crippen LogP contribution in [0.4, 0.5) is 0 Å². The van der Waals surface area contributed by atoms with Gasteiger partial charge in [-0.2, -0.15) is 0 Å². The first-order valence-corrected chi connectivity index (χ1v) is 7.93. The van der Waals surface area contributed by atoms with Gasteiger partial charge in [-0.15, -0.1) is 12.4 Å². The number of para-hydroxylation sites is 1. The van der Waals surface area contributed by atoms with Crippen LogP contribution in [0.5, 0.6) is 0 Å². The molecule has 0 spiro atoms. The molecule has 0 amide bonds. The van der Waals surface area contributed by atoms with E-state index in [1.165, 1.54) is 0 Å². The summed E-state index contributed by atoms with van der Waals surface area (Å²) in [6.07, 6.45) is 0. The van der Waals surface area contributed by atoms with Crippen LogP contribution in [0, 0.1) is 0 Å². The number of halogens is 1. The number of hydrogen-bond donors (Lipinski definition) is 3. The van der Waals surface area contributed by atoms with Crippen LogP contribution < -0.4 is 5.32 Å². The molecule has 4 aromatic rings. The molecular weight excluding hydrogens is 342 g/mol. The van der Waals surface area contributed by atoms with Crippen molar-refractivity contribution in [3.63, 3.8) is 0 Å². The standard InChI is InChI=1S/C19H19NO4.ClH/c1-19(10-21,11-22)20-9-12-8-14-16(23-12)6-7-17-18(14)13-4-2-3-5-15(13)24-17;/h2-8,20-22H,9-11H2,1H3;1H. The summed E-state index contributed by atoms with van der Waals surface area (Å²) in [5.41, 5.74) is 1.74. The van der Waals surface area contributed by atoms with Gasteiger partial charge in [0, 0.05) is 16.2 Å². The van der Waals surface area contributed by atoms with E-state index in [2.05, 4.69) is 5.32 Å². The van der Waals surface area contributed by atoms with Gasteiger partial charge in [0.25, 0.3) is 0 Å². The maximum atomic E-state index is 9.37. The SMILES string of the molecule is CC(CO)(CO)NCc1cc2c(ccc3oc4ccccc4c32)o1.Cl. The molecule has 2 aromatic carbocycles. The summed E-state index contributed by atoms with van der Waals surface area (Å²) in [7, 11) is 0. The summed E-state index contributed by atoms with van der Waals surface area (Å²) in [6, 6.07) is 13.8. The molecule has 3 N–H and O–H groups in total. The molecule has 6 heteroatoms. The van der Waals surface area contributed by atoms with Gasteiger partial charge in [-0.25, -0.2) is 0 Å². The molecule has 2 aromatic heterocycles. The van der Waals surface area contributed by atoms with Gasteiger partial charge in [0.2, 0.25) is 0 Å². The van der Waals surface area contributed by atoms with Crippen LogP contribution in [0.15, 0.2) is 51.3 Å². The number of benzene rings is 2. The molecule has 0 saturated heterocycles. The molecule has 0 fully saturated rings. The highest BCUT2D eigenvalue weighted by Crippen LogP contribution is 2.35. The predicted molar refractivity (Wildman–Crippen MR) is 100 cm³/mol. The fraction of sp³-hybridized carbons (Fsp3) is 0.263. The maximum Gasteiger partial charge on any atom is 0.136 e. The van der Waals surface area contributed by atoms with Gasteiger partial charge in [-0.3, -0.25) is 0 Å². The Labute approximate surface area is 150 Å². The Kier molecular flexibility index (Phi) is 4.75. The summed E-state index contributed by atoms with van der Waals surface area (Å²) in [5, 5.41) is 25.0. The summed E-state index contributed by atoms with van der Waals surface area (Å²) in [4.78, 5) is 0. The van der Waals surface area contributed by atoms with Crippen LogP contribution in [0.1, 0.15) is 12.7 Å². The van der Waals surface area contributed by atoms with Gasteiger partial charge in [-0.05, 0) is 31.2 Å². The molecule has 0 atom stereocenters. The number of aliphatic hydroxyl groups is 2. The number of aliphatic hydroxyl groups excluding tert-OH is 2. The third-order valence-corrected chi connectivity index (χ3v) is 4.48. The van der Waals surface area contributed by atoms with E-state index in [0.717, 1.165) is 38.7 Å². The molecule has 4 rings (SSSR count). The summed E-state index contributed by atoms with van der Waals surface area (Å²) in [6.45, 7) is 1.88. The molecule has 0 aliphatic carbocycles. The van der Waals surface area contributed by atoms with Crippen LogP contribution in [-0.2, 0) is 6.54 Å². The molecule has 0 saturated carbocycles. The quantitative estimate of drug-likeness (QED) is 0.506. The fourth-order valence-corrected chi connectivity index (χ4v) is 2.94. The van der Waals surface area contributed by atoms with Crippen LogP contribution >= 0.6 is 12.4 Å². The Morgan fingerprint density at radius 1 is 0.920 bits per heavy atom. The largest absolute Gasteiger partial charge is 0.460 e. The van der Waals surface area contributed by atoms with E-state index in [4.69, 9.17) is 8.83 Å². The molecule has 0 unspecified atom stereocenters. The second-order valence-electron chi connectivity index (χ2n) is 6.39. The number of nitrogens with one attached hydrogen (secondary N) is 1. The smallest absolute Gasteiger partial charge is 0.136 e. The van der Waals surface area contributed by atoms with Crippen LogP contribution in [0.2, 0.25) is 0 Å². The van der Waals surface area contributed by atoms with Crippen molar-refractivity contribution in [1.29, 1.82) is 0 Å². The Morgan fingerprint density at radius 2 is 1.60 bits per heavy atom. The first-order chi connectivity index (χ1) is 11.6. The average molecular weight is 362 g/mol. The van der Waals surface area contributed by atoms with Crippen molar-refractivity contribution in [2.24, 2.45) is 0 Å². The number of furan rings is 2. The third kappa shape index (κ3) is 3.00. The van der Waals surface area contributed by atoms with Crippen molar-refractivity contribution >= 4 is 45.3 Å². The van der Waals surface area contributed by atoms with Crippen molar-refractivity contribution in [2.45, 2.75) is 19.0 Å². The topological polar surface area (TPSA) is 78.8 Å². The van der Waals surface area contributed by atoms with Crippen LogP contribution in [0.25, 0.3) is 32.9 Å². The summed E-state index contributed by atoms with van der Waals surface area (Å²) in [5.74, 6) is 0.746. The van der Waals surface area contributed by atoms with Gasteiger partial charge in [0.05, 0.1) is 25.3 Å². The van der Waals surface area contributed by atoms with Crippen molar-refractivity contribution in [1.82, 2.24) is 5.32 Å². The second-order valence-corrected chi connectivity index (χ2v) is 6.39. The lowest BCUT2D eigenvalue weighted by Crippen LogP contribution is -2.48. The minimum atomic E-state index is -0.739. The average Bonchev–Trinajstić information content (AvgIpc) is 3.19. The van der Waals surface area contributed by atoms with E-state index in [1.807, 2.05) is 42.5 Å². The summed E-state index contributed by atoms with van der Waals surface area (Å²) >= 11 is 0. The van der Waals surface area contributed by atoms with E-state index < -0.39 is 5.54 Å². The van der Waals surface area contributed by atoms with Crippen LogP contribution in [0.3, 0.4) is 0 Å². The highest BCUT2D eigenvalue weighted by Gasteiger charge is 2.22. The van der Waals surface area contributed by atoms with Crippen molar-refractivity contribution < 1.29 is 19.0 Å². The highest BCUT2D eigenvalue weighted by molar-refractivity contribution is 6.17. The third-order valence-electron chi connectivity index (χ3n) is 4.48. The molecule has 25 heavy (non-hydrogen) atoms. The van der Waals surface area contributed by atoms with Crippen LogP contribution in [-0.4, -0.2) is 29.0 Å². The minimum absolute atomic E-state index is 0. The van der Waals surface area contributed by atoms with Crippen molar-refractivity contribution in [2.75, 3.05) is 13.2 Å². The lowest BCUT2D eigenvalue weighted by molar-refractivity contribution is 0.101. The van der Waals surface area contributed by atoms with E-state index in [1.54, 1.807) is 6.92 Å². The number of hydrogen-bond acceptors (Lipinski definition) is 5. The molecule has 5 nitrogen and oxygen atoms in total. The zero-order valence-electron chi connectivity index (χ0n) is 13.8. The first kappa shape index (κ1) is 17.8. The summed E-state index contributed by atoms with van der Waals surface area (Å²) < 4.78 is 11.8. The molecule has 0 radical (unpaired) electrons. The van der Waals surface area contributed by atoms with Crippen molar-refractivity contribution in [3.8, 4) is 0 Å². The Balaban J connectivity index is 0.00000182. The molecular formula is C19H20ClNO4. The molecule has 0 aliphatic heterocycles.